The summed E-state index contributed by atoms with van der Waals surface area (Å²) in [6.45, 7) is -0.0277. The smallest absolute Gasteiger partial charge is 0.202 e. The highest BCUT2D eigenvalue weighted by Crippen LogP contribution is 2.48. The van der Waals surface area contributed by atoms with E-state index >= 15 is 0 Å². The first-order valence-corrected chi connectivity index (χ1v) is 5.54. The first kappa shape index (κ1) is 12.8. The Bertz CT molecular complexity index is 367. The molecule has 0 aromatic heterocycles. The maximum atomic E-state index is 9.76. The van der Waals surface area contributed by atoms with Crippen molar-refractivity contribution in [3.63, 3.8) is 0 Å². The lowest BCUT2D eigenvalue weighted by molar-refractivity contribution is 0.320. The number of ether oxygens (including phenoxy) is 2. The van der Waals surface area contributed by atoms with Crippen LogP contribution in [-0.2, 0) is 0 Å². The Morgan fingerprint density at radius 2 is 1.94 bits per heavy atom. The van der Waals surface area contributed by atoms with E-state index < -0.39 is 0 Å². The quantitative estimate of drug-likeness (QED) is 0.535. The highest BCUT2D eigenvalue weighted by atomic mass is 32.2. The molecule has 1 aromatic rings. The molecule has 1 rings (SSSR count). The van der Waals surface area contributed by atoms with Crippen LogP contribution in [0.1, 0.15) is 0 Å². The molecule has 1 aromatic carbocycles. The summed E-state index contributed by atoms with van der Waals surface area (Å²) in [7, 11) is 2.77. The minimum Gasteiger partial charge on any atom is -0.506 e. The zero-order valence-electron chi connectivity index (χ0n) is 9.06. The van der Waals surface area contributed by atoms with Gasteiger partial charge in [0.15, 0.2) is 11.5 Å². The normalized spacial score (nSPS) is 10.2. The lowest BCUT2D eigenvalue weighted by atomic mass is 10.2. The van der Waals surface area contributed by atoms with Gasteiger partial charge in [0, 0.05) is 11.8 Å². The van der Waals surface area contributed by atoms with Gasteiger partial charge in [-0.05, 0) is 0 Å². The van der Waals surface area contributed by atoms with Crippen LogP contribution in [0.15, 0.2) is 11.0 Å². The second-order valence-electron chi connectivity index (χ2n) is 2.88. The van der Waals surface area contributed by atoms with E-state index in [1.54, 1.807) is 0 Å². The van der Waals surface area contributed by atoms with Gasteiger partial charge in [-0.2, -0.15) is 0 Å². The molecule has 90 valence electrons. The molecule has 6 heteroatoms. The minimum absolute atomic E-state index is 0.0277. The van der Waals surface area contributed by atoms with E-state index in [9.17, 15) is 10.2 Å². The van der Waals surface area contributed by atoms with E-state index in [4.69, 9.17) is 14.6 Å². The van der Waals surface area contributed by atoms with Gasteiger partial charge in [0.2, 0.25) is 5.75 Å². The van der Waals surface area contributed by atoms with E-state index in [-0.39, 0.29) is 29.6 Å². The Morgan fingerprint density at radius 1 is 1.25 bits per heavy atom. The standard InChI is InChI=1S/C10H14O5S/c1-14-7-5-6(12)10(16-4-3-11)9(15-2)8(7)13/h5,11-13H,3-4H2,1-2H3. The third-order valence-corrected chi connectivity index (χ3v) is 2.99. The Hall–Kier alpha value is -1.27. The number of phenolic OH excluding ortho intramolecular Hbond substituents is 2. The van der Waals surface area contributed by atoms with Crippen LogP contribution in [0.3, 0.4) is 0 Å². The van der Waals surface area contributed by atoms with E-state index in [1.807, 2.05) is 0 Å². The lowest BCUT2D eigenvalue weighted by Crippen LogP contribution is -1.93. The number of hydrogen-bond acceptors (Lipinski definition) is 6. The van der Waals surface area contributed by atoms with Crippen LogP contribution in [0.25, 0.3) is 0 Å². The first-order chi connectivity index (χ1) is 7.65. The number of hydrogen-bond donors (Lipinski definition) is 3. The monoisotopic (exact) mass is 246 g/mol. The van der Waals surface area contributed by atoms with Crippen LogP contribution in [0, 0.1) is 0 Å². The molecule has 0 heterocycles. The molecule has 0 fully saturated rings. The SMILES string of the molecule is COc1cc(O)c(SCCO)c(OC)c1O. The summed E-state index contributed by atoms with van der Waals surface area (Å²) in [4.78, 5) is 0.384. The second kappa shape index (κ2) is 5.72. The summed E-state index contributed by atoms with van der Waals surface area (Å²) in [5.41, 5.74) is 0. The fraction of sp³-hybridized carbons (Fsp3) is 0.400. The maximum Gasteiger partial charge on any atom is 0.202 e. The van der Waals surface area contributed by atoms with E-state index in [2.05, 4.69) is 0 Å². The summed E-state index contributed by atoms with van der Waals surface area (Å²) in [5, 5.41) is 28.2. The van der Waals surface area contributed by atoms with Crippen LogP contribution >= 0.6 is 11.8 Å². The van der Waals surface area contributed by atoms with Gasteiger partial charge in [0.1, 0.15) is 5.75 Å². The van der Waals surface area contributed by atoms with Crippen molar-refractivity contribution in [3.05, 3.63) is 6.07 Å². The van der Waals surface area contributed by atoms with Crippen LogP contribution in [0.2, 0.25) is 0 Å². The van der Waals surface area contributed by atoms with Gasteiger partial charge in [0.05, 0.1) is 25.7 Å². The summed E-state index contributed by atoms with van der Waals surface area (Å²) in [5.74, 6) is 0.474. The first-order valence-electron chi connectivity index (χ1n) is 4.56. The Kier molecular flexibility index (Phi) is 4.57. The molecule has 3 N–H and O–H groups in total. The Balaban J connectivity index is 3.20. The van der Waals surface area contributed by atoms with Crippen molar-refractivity contribution in [1.82, 2.24) is 0 Å². The fourth-order valence-electron chi connectivity index (χ4n) is 1.23. The Morgan fingerprint density at radius 3 is 2.44 bits per heavy atom. The van der Waals surface area contributed by atoms with Crippen molar-refractivity contribution in [3.8, 4) is 23.0 Å². The molecule has 0 radical (unpaired) electrons. The van der Waals surface area contributed by atoms with Crippen LogP contribution in [-0.4, -0.2) is 41.9 Å². The largest absolute Gasteiger partial charge is 0.506 e. The van der Waals surface area contributed by atoms with Gasteiger partial charge in [0.25, 0.3) is 0 Å². The van der Waals surface area contributed by atoms with E-state index in [0.717, 1.165) is 0 Å². The summed E-state index contributed by atoms with van der Waals surface area (Å²) < 4.78 is 9.88. The molecule has 0 atom stereocenters. The number of aliphatic hydroxyl groups is 1. The van der Waals surface area contributed by atoms with E-state index in [0.29, 0.717) is 10.6 Å². The number of phenols is 2. The third kappa shape index (κ3) is 2.45. The molecule has 5 nitrogen and oxygen atoms in total. The maximum absolute atomic E-state index is 9.76. The molecule has 0 spiro atoms. The molecule has 0 bridgehead atoms. The number of thioether (sulfide) groups is 1. The number of aromatic hydroxyl groups is 2. The molecular weight excluding hydrogens is 232 g/mol. The van der Waals surface area contributed by atoms with Gasteiger partial charge in [-0.3, -0.25) is 0 Å². The number of methoxy groups -OCH3 is 2. The Labute approximate surface area is 97.6 Å². The predicted molar refractivity (Wildman–Crippen MR) is 60.7 cm³/mol. The van der Waals surface area contributed by atoms with Gasteiger partial charge in [-0.15, -0.1) is 11.8 Å². The number of aliphatic hydroxyl groups excluding tert-OH is 1. The van der Waals surface area contributed by atoms with Crippen molar-refractivity contribution in [1.29, 1.82) is 0 Å². The third-order valence-electron chi connectivity index (χ3n) is 1.92. The molecule has 16 heavy (non-hydrogen) atoms. The molecule has 0 aliphatic heterocycles. The zero-order valence-corrected chi connectivity index (χ0v) is 9.87. The topological polar surface area (TPSA) is 79.2 Å². The van der Waals surface area contributed by atoms with Crippen molar-refractivity contribution in [2.45, 2.75) is 4.90 Å². The summed E-state index contributed by atoms with van der Waals surface area (Å²) in [6, 6.07) is 1.30. The zero-order chi connectivity index (χ0) is 12.1. The molecule has 0 unspecified atom stereocenters. The van der Waals surface area contributed by atoms with Gasteiger partial charge >= 0.3 is 0 Å². The van der Waals surface area contributed by atoms with Crippen molar-refractivity contribution in [2.24, 2.45) is 0 Å². The molecule has 0 amide bonds. The lowest BCUT2D eigenvalue weighted by Gasteiger charge is -2.14. The molecule has 0 saturated heterocycles. The predicted octanol–water partition coefficient (Wildman–Crippen LogP) is 1.20. The summed E-state index contributed by atoms with van der Waals surface area (Å²) in [6.07, 6.45) is 0. The number of rotatable bonds is 5. The molecule has 0 aliphatic rings. The highest BCUT2D eigenvalue weighted by Gasteiger charge is 2.19. The second-order valence-corrected chi connectivity index (χ2v) is 3.99. The van der Waals surface area contributed by atoms with E-state index in [1.165, 1.54) is 32.0 Å². The van der Waals surface area contributed by atoms with Crippen molar-refractivity contribution >= 4 is 11.8 Å². The van der Waals surface area contributed by atoms with Crippen molar-refractivity contribution in [2.75, 3.05) is 26.6 Å². The van der Waals surface area contributed by atoms with Crippen molar-refractivity contribution < 1.29 is 24.8 Å². The van der Waals surface area contributed by atoms with Crippen LogP contribution in [0.5, 0.6) is 23.0 Å². The van der Waals surface area contributed by atoms with Crippen LogP contribution in [0.4, 0.5) is 0 Å². The molecule has 0 aliphatic carbocycles. The summed E-state index contributed by atoms with van der Waals surface area (Å²) >= 11 is 1.19. The average molecular weight is 246 g/mol. The fourth-order valence-corrected chi connectivity index (χ4v) is 2.04. The molecule has 0 saturated carbocycles. The van der Waals surface area contributed by atoms with Gasteiger partial charge in [-0.25, -0.2) is 0 Å². The minimum atomic E-state index is -0.164. The molecular formula is C10H14O5S. The average Bonchev–Trinajstić information content (AvgIpc) is 2.29. The highest BCUT2D eigenvalue weighted by molar-refractivity contribution is 7.99. The van der Waals surface area contributed by atoms with Gasteiger partial charge in [-0.1, -0.05) is 0 Å². The number of benzene rings is 1. The van der Waals surface area contributed by atoms with Gasteiger partial charge < -0.3 is 24.8 Å². The van der Waals surface area contributed by atoms with Crippen LogP contribution < -0.4 is 9.47 Å².